The molecule has 0 saturated carbocycles. The van der Waals surface area contributed by atoms with Crippen molar-refractivity contribution < 1.29 is 46.9 Å². The number of phosphoric ester groups is 2. The number of H-pyrrole nitrogens is 1. The Morgan fingerprint density at radius 3 is 2.61 bits per heavy atom. The van der Waals surface area contributed by atoms with E-state index in [9.17, 15) is 33.5 Å². The maximum absolute atomic E-state index is 11.9. The predicted molar refractivity (Wildman–Crippen MR) is 89.0 cm³/mol. The first-order chi connectivity index (χ1) is 12.8. The molecule has 1 fully saturated rings. The van der Waals surface area contributed by atoms with Crippen LogP contribution in [0.2, 0.25) is 0 Å². The number of aryl methyl sites for hydroxylation is 1. The van der Waals surface area contributed by atoms with Gasteiger partial charge in [0.05, 0.1) is 12.7 Å². The molecule has 3 unspecified atom stereocenters. The van der Waals surface area contributed by atoms with E-state index >= 15 is 0 Å². The zero-order valence-corrected chi connectivity index (χ0v) is 16.4. The van der Waals surface area contributed by atoms with Crippen molar-refractivity contribution in [2.75, 3.05) is 6.61 Å². The van der Waals surface area contributed by atoms with Gasteiger partial charge >= 0.3 is 27.3 Å². The number of aliphatic hydroxyl groups is 1. The highest BCUT2D eigenvalue weighted by Crippen LogP contribution is 2.60. The Morgan fingerprint density at radius 2 is 2.00 bits per heavy atom. The van der Waals surface area contributed by atoms with Crippen LogP contribution in [-0.2, 0) is 32.0 Å². The summed E-state index contributed by atoms with van der Waals surface area (Å²) in [6.07, 6.45) is -2.33. The number of hydrogen-bond donors (Lipinski definition) is 4. The van der Waals surface area contributed by atoms with Gasteiger partial charge < -0.3 is 19.3 Å². The molecular weight excluding hydrogens is 426 g/mol. The van der Waals surface area contributed by atoms with Gasteiger partial charge in [0.15, 0.2) is 0 Å². The molecule has 1 saturated heterocycles. The molecule has 28 heavy (non-hydrogen) atoms. The SMILES string of the molecule is CC(=O)OP(=O)(O)OP(=O)(O)OC[C@H]1O[C@@H](n2cc(C)c(=O)[nH]c2=O)CC1O. The highest BCUT2D eigenvalue weighted by Gasteiger charge is 2.41. The third kappa shape index (κ3) is 5.93. The number of ether oxygens (including phenoxy) is 1. The molecule has 4 N–H and O–H groups in total. The Balaban J connectivity index is 2.02. The number of aromatic nitrogens is 2. The number of aliphatic hydroxyl groups excluding tert-OH is 1. The summed E-state index contributed by atoms with van der Waals surface area (Å²) in [5.74, 6) is -1.23. The van der Waals surface area contributed by atoms with E-state index in [1.54, 1.807) is 0 Å². The minimum atomic E-state index is -5.19. The Kier molecular flexibility index (Phi) is 6.79. The predicted octanol–water partition coefficient (Wildman–Crippen LogP) is -0.709. The fourth-order valence-corrected chi connectivity index (χ4v) is 4.36. The first kappa shape index (κ1) is 22.7. The maximum Gasteiger partial charge on any atom is 0.538 e. The fraction of sp³-hybridized carbons (Fsp3) is 0.583. The number of nitrogens with one attached hydrogen (secondary N) is 1. The molecule has 16 heteroatoms. The van der Waals surface area contributed by atoms with Crippen molar-refractivity contribution in [3.8, 4) is 0 Å². The van der Waals surface area contributed by atoms with Crippen LogP contribution in [-0.4, -0.2) is 49.2 Å². The number of carbonyl (C=O) groups excluding carboxylic acids is 1. The van der Waals surface area contributed by atoms with Crippen LogP contribution in [0.1, 0.15) is 25.1 Å². The first-order valence-electron chi connectivity index (χ1n) is 7.67. The number of phosphoric acid groups is 2. The molecule has 0 radical (unpaired) electrons. The molecular formula is C12H18N2O12P2. The van der Waals surface area contributed by atoms with Gasteiger partial charge in [0, 0.05) is 25.1 Å². The maximum atomic E-state index is 11.9. The van der Waals surface area contributed by atoms with E-state index in [4.69, 9.17) is 9.63 Å². The number of aromatic amines is 1. The third-order valence-corrected chi connectivity index (χ3v) is 6.13. The topological polar surface area (TPSA) is 204 Å². The summed E-state index contributed by atoms with van der Waals surface area (Å²) < 4.78 is 41.8. The van der Waals surface area contributed by atoms with Gasteiger partial charge in [0.1, 0.15) is 12.3 Å². The van der Waals surface area contributed by atoms with Crippen LogP contribution >= 0.6 is 15.6 Å². The molecule has 2 rings (SSSR count). The monoisotopic (exact) mass is 444 g/mol. The highest BCUT2D eigenvalue weighted by atomic mass is 31.3. The van der Waals surface area contributed by atoms with E-state index in [1.165, 1.54) is 13.1 Å². The van der Waals surface area contributed by atoms with Crippen LogP contribution in [0.5, 0.6) is 0 Å². The van der Waals surface area contributed by atoms with Crippen molar-refractivity contribution in [1.82, 2.24) is 9.55 Å². The summed E-state index contributed by atoms with van der Waals surface area (Å²) >= 11 is 0. The quantitative estimate of drug-likeness (QED) is 0.385. The van der Waals surface area contributed by atoms with Gasteiger partial charge in [-0.15, -0.1) is 0 Å². The van der Waals surface area contributed by atoms with Crippen LogP contribution in [0.15, 0.2) is 15.8 Å². The van der Waals surface area contributed by atoms with Crippen molar-refractivity contribution in [2.24, 2.45) is 0 Å². The van der Waals surface area contributed by atoms with Gasteiger partial charge in [-0.3, -0.25) is 28.6 Å². The van der Waals surface area contributed by atoms with Crippen molar-refractivity contribution in [2.45, 2.75) is 38.7 Å². The molecule has 0 amide bonds. The second kappa shape index (κ2) is 8.39. The van der Waals surface area contributed by atoms with Crippen LogP contribution in [0.3, 0.4) is 0 Å². The largest absolute Gasteiger partial charge is 0.538 e. The normalized spacial score (nSPS) is 26.4. The molecule has 0 bridgehead atoms. The van der Waals surface area contributed by atoms with E-state index < -0.39 is 57.9 Å². The Morgan fingerprint density at radius 1 is 1.36 bits per heavy atom. The van der Waals surface area contributed by atoms with E-state index in [1.807, 2.05) is 0 Å². The summed E-state index contributed by atoms with van der Waals surface area (Å²) in [5, 5.41) is 10.0. The summed E-state index contributed by atoms with van der Waals surface area (Å²) in [5.41, 5.74) is -1.15. The highest BCUT2D eigenvalue weighted by molar-refractivity contribution is 7.61. The van der Waals surface area contributed by atoms with Crippen LogP contribution in [0, 0.1) is 6.92 Å². The number of rotatable bonds is 7. The summed E-state index contributed by atoms with van der Waals surface area (Å²) in [6.45, 7) is 1.47. The van der Waals surface area contributed by atoms with Crippen molar-refractivity contribution in [1.29, 1.82) is 0 Å². The van der Waals surface area contributed by atoms with Crippen molar-refractivity contribution in [3.63, 3.8) is 0 Å². The van der Waals surface area contributed by atoms with Crippen LogP contribution < -0.4 is 11.2 Å². The van der Waals surface area contributed by atoms with Gasteiger partial charge in [0.2, 0.25) is 0 Å². The minimum absolute atomic E-state index is 0.109. The second-order valence-corrected chi connectivity index (χ2v) is 8.78. The number of hydrogen-bond acceptors (Lipinski definition) is 10. The van der Waals surface area contributed by atoms with E-state index in [0.717, 1.165) is 11.5 Å². The standard InChI is InChI=1S/C12H18N2O12P2/c1-6-4-14(12(18)13-11(6)17)10-3-8(16)9(24-10)5-23-27(19,20)26-28(21,22)25-7(2)15/h4,8-10,16H,3,5H2,1-2H3,(H,19,20)(H,21,22)(H,13,17,18)/t8?,9-,10-/m1/s1. The Hall–Kier alpha value is -1.63. The molecule has 1 aliphatic rings. The lowest BCUT2D eigenvalue weighted by Crippen LogP contribution is -2.33. The second-order valence-electron chi connectivity index (χ2n) is 5.81. The average molecular weight is 444 g/mol. The molecule has 14 nitrogen and oxygen atoms in total. The lowest BCUT2D eigenvalue weighted by Gasteiger charge is -2.19. The smallest absolute Gasteiger partial charge is 0.390 e. The van der Waals surface area contributed by atoms with Gasteiger partial charge in [-0.25, -0.2) is 13.9 Å². The van der Waals surface area contributed by atoms with E-state index in [-0.39, 0.29) is 12.0 Å². The lowest BCUT2D eigenvalue weighted by atomic mass is 10.2. The molecule has 0 spiro atoms. The van der Waals surface area contributed by atoms with Gasteiger partial charge in [-0.2, -0.15) is 4.31 Å². The van der Waals surface area contributed by atoms with Gasteiger partial charge in [-0.1, -0.05) is 0 Å². The Labute approximate surface area is 156 Å². The molecule has 0 aliphatic carbocycles. The fourth-order valence-electron chi connectivity index (χ4n) is 2.34. The summed E-state index contributed by atoms with van der Waals surface area (Å²) in [4.78, 5) is 54.6. The number of nitrogens with zero attached hydrogens (tertiary/aromatic N) is 1. The molecule has 0 aromatic carbocycles. The molecule has 158 valence electrons. The molecule has 1 aromatic heterocycles. The van der Waals surface area contributed by atoms with E-state index in [0.29, 0.717) is 0 Å². The van der Waals surface area contributed by atoms with E-state index in [2.05, 4.69) is 18.3 Å². The van der Waals surface area contributed by atoms with Crippen molar-refractivity contribution in [3.05, 3.63) is 32.6 Å². The zero-order valence-electron chi connectivity index (χ0n) is 14.6. The van der Waals surface area contributed by atoms with Crippen molar-refractivity contribution >= 4 is 21.6 Å². The molecule has 1 aromatic rings. The zero-order chi connectivity index (χ0) is 21.3. The van der Waals surface area contributed by atoms with Gasteiger partial charge in [-0.05, 0) is 6.92 Å². The van der Waals surface area contributed by atoms with Crippen LogP contribution in [0.25, 0.3) is 0 Å². The number of carbonyl (C=O) groups is 1. The van der Waals surface area contributed by atoms with Gasteiger partial charge in [0.25, 0.3) is 5.56 Å². The average Bonchev–Trinajstić information content (AvgIpc) is 2.87. The Bertz CT molecular complexity index is 955. The summed E-state index contributed by atoms with van der Waals surface area (Å²) in [6, 6.07) is 0. The van der Waals surface area contributed by atoms with Crippen LogP contribution in [0.4, 0.5) is 0 Å². The molecule has 5 atom stereocenters. The third-order valence-electron chi connectivity index (χ3n) is 3.51. The first-order valence-corrected chi connectivity index (χ1v) is 10.7. The molecule has 1 aliphatic heterocycles. The minimum Gasteiger partial charge on any atom is -0.390 e. The summed E-state index contributed by atoms with van der Waals surface area (Å²) in [7, 11) is -10.4. The molecule has 2 heterocycles. The lowest BCUT2D eigenvalue weighted by molar-refractivity contribution is -0.133.